The Labute approximate surface area is 116 Å². The fourth-order valence-electron chi connectivity index (χ4n) is 2.12. The first kappa shape index (κ1) is 14.0. The predicted octanol–water partition coefficient (Wildman–Crippen LogP) is 1.47. The number of amides is 2. The summed E-state index contributed by atoms with van der Waals surface area (Å²) in [6.07, 6.45) is 0.384. The second-order valence-electron chi connectivity index (χ2n) is 4.70. The molecule has 2 N–H and O–H groups in total. The number of nitrogens with one attached hydrogen (secondary N) is 1. The first-order chi connectivity index (χ1) is 9.51. The molecule has 1 atom stereocenters. The molecule has 1 saturated heterocycles. The first-order valence-corrected chi connectivity index (χ1v) is 6.44. The zero-order valence-electron chi connectivity index (χ0n) is 11.1. The molecule has 0 spiro atoms. The minimum atomic E-state index is -0.962. The van der Waals surface area contributed by atoms with Crippen molar-refractivity contribution in [3.8, 4) is 0 Å². The van der Waals surface area contributed by atoms with Crippen LogP contribution in [0.25, 0.3) is 0 Å². The van der Waals surface area contributed by atoms with Crippen molar-refractivity contribution in [3.05, 3.63) is 24.3 Å². The third kappa shape index (κ3) is 2.96. The molecular weight excluding hydrogens is 260 g/mol. The number of carbonyl (C=O) groups is 3. The lowest BCUT2D eigenvalue weighted by Gasteiger charge is -2.17. The molecular formula is C14H16N2O4. The normalized spacial score (nSPS) is 18.1. The van der Waals surface area contributed by atoms with Crippen LogP contribution in [-0.4, -0.2) is 29.4 Å². The minimum absolute atomic E-state index is 0.0148. The van der Waals surface area contributed by atoms with Crippen molar-refractivity contribution in [3.63, 3.8) is 0 Å². The van der Waals surface area contributed by atoms with Gasteiger partial charge in [-0.25, -0.2) is 0 Å². The largest absolute Gasteiger partial charge is 0.481 e. The Balaban J connectivity index is 2.17. The topological polar surface area (TPSA) is 86.7 Å². The maximum absolute atomic E-state index is 11.9. The highest BCUT2D eigenvalue weighted by atomic mass is 16.4. The molecule has 2 rings (SSSR count). The van der Waals surface area contributed by atoms with Crippen LogP contribution in [-0.2, 0) is 14.4 Å². The summed E-state index contributed by atoms with van der Waals surface area (Å²) in [5.74, 6) is -1.96. The molecule has 1 aliphatic heterocycles. The fourth-order valence-corrected chi connectivity index (χ4v) is 2.12. The third-order valence-corrected chi connectivity index (χ3v) is 3.24. The van der Waals surface area contributed by atoms with E-state index in [9.17, 15) is 14.4 Å². The van der Waals surface area contributed by atoms with Crippen LogP contribution in [0.4, 0.5) is 11.4 Å². The molecule has 6 heteroatoms. The molecule has 0 unspecified atom stereocenters. The van der Waals surface area contributed by atoms with Gasteiger partial charge in [-0.15, -0.1) is 0 Å². The van der Waals surface area contributed by atoms with E-state index < -0.39 is 11.9 Å². The lowest BCUT2D eigenvalue weighted by atomic mass is 10.1. The van der Waals surface area contributed by atoms with Gasteiger partial charge < -0.3 is 15.3 Å². The Kier molecular flexibility index (Phi) is 4.02. The van der Waals surface area contributed by atoms with Gasteiger partial charge in [0.15, 0.2) is 0 Å². The zero-order valence-corrected chi connectivity index (χ0v) is 11.1. The van der Waals surface area contributed by atoms with Crippen molar-refractivity contribution in [2.24, 2.45) is 5.92 Å². The summed E-state index contributed by atoms with van der Waals surface area (Å²) in [6, 6.07) is 6.85. The molecule has 1 aromatic carbocycles. The molecule has 0 aromatic heterocycles. The molecule has 1 heterocycles. The number of carboxylic acid groups (broad SMARTS) is 1. The van der Waals surface area contributed by atoms with Gasteiger partial charge in [0, 0.05) is 30.8 Å². The molecule has 0 radical (unpaired) electrons. The van der Waals surface area contributed by atoms with E-state index in [0.717, 1.165) is 0 Å². The first-order valence-electron chi connectivity index (χ1n) is 6.44. The van der Waals surface area contributed by atoms with E-state index in [-0.39, 0.29) is 24.8 Å². The van der Waals surface area contributed by atoms with Crippen molar-refractivity contribution in [2.75, 3.05) is 16.8 Å². The standard InChI is InChI=1S/C14H16N2O4/c1-2-12(17)15-10-4-3-5-11(7-10)16-8-9(14(19)20)6-13(16)18/h3-5,7,9H,2,6,8H2,1H3,(H,15,17)(H,19,20)/t9-/m1/s1. The molecule has 0 bridgehead atoms. The lowest BCUT2D eigenvalue weighted by Crippen LogP contribution is -2.25. The summed E-state index contributed by atoms with van der Waals surface area (Å²) >= 11 is 0. The Hall–Kier alpha value is -2.37. The fraction of sp³-hybridized carbons (Fsp3) is 0.357. The van der Waals surface area contributed by atoms with Gasteiger partial charge >= 0.3 is 5.97 Å². The van der Waals surface area contributed by atoms with Crippen molar-refractivity contribution < 1.29 is 19.5 Å². The maximum Gasteiger partial charge on any atom is 0.308 e. The van der Waals surface area contributed by atoms with E-state index in [2.05, 4.69) is 5.32 Å². The van der Waals surface area contributed by atoms with Crippen molar-refractivity contribution in [2.45, 2.75) is 19.8 Å². The van der Waals surface area contributed by atoms with Gasteiger partial charge in [0.25, 0.3) is 0 Å². The monoisotopic (exact) mass is 276 g/mol. The quantitative estimate of drug-likeness (QED) is 0.872. The highest BCUT2D eigenvalue weighted by Gasteiger charge is 2.35. The second-order valence-corrected chi connectivity index (χ2v) is 4.70. The van der Waals surface area contributed by atoms with E-state index in [1.165, 1.54) is 4.90 Å². The van der Waals surface area contributed by atoms with E-state index >= 15 is 0 Å². The van der Waals surface area contributed by atoms with Crippen LogP contribution >= 0.6 is 0 Å². The zero-order chi connectivity index (χ0) is 14.7. The number of anilines is 2. The highest BCUT2D eigenvalue weighted by Crippen LogP contribution is 2.27. The van der Waals surface area contributed by atoms with E-state index in [1.54, 1.807) is 31.2 Å². The van der Waals surface area contributed by atoms with Crippen LogP contribution in [0.2, 0.25) is 0 Å². The molecule has 6 nitrogen and oxygen atoms in total. The average Bonchev–Trinajstić information content (AvgIpc) is 2.81. The van der Waals surface area contributed by atoms with Crippen LogP contribution in [0.3, 0.4) is 0 Å². The van der Waals surface area contributed by atoms with Crippen LogP contribution < -0.4 is 10.2 Å². The van der Waals surface area contributed by atoms with Crippen LogP contribution in [0, 0.1) is 5.92 Å². The maximum atomic E-state index is 11.9. The van der Waals surface area contributed by atoms with Gasteiger partial charge in [0.2, 0.25) is 11.8 Å². The van der Waals surface area contributed by atoms with Gasteiger partial charge in [-0.3, -0.25) is 14.4 Å². The molecule has 1 aliphatic rings. The van der Waals surface area contributed by atoms with E-state index in [1.807, 2.05) is 0 Å². The average molecular weight is 276 g/mol. The smallest absolute Gasteiger partial charge is 0.308 e. The van der Waals surface area contributed by atoms with Crippen LogP contribution in [0.15, 0.2) is 24.3 Å². The Morgan fingerprint density at radius 1 is 1.45 bits per heavy atom. The minimum Gasteiger partial charge on any atom is -0.481 e. The van der Waals surface area contributed by atoms with Gasteiger partial charge in [-0.05, 0) is 18.2 Å². The van der Waals surface area contributed by atoms with E-state index in [0.29, 0.717) is 17.8 Å². The van der Waals surface area contributed by atoms with Crippen LogP contribution in [0.5, 0.6) is 0 Å². The lowest BCUT2D eigenvalue weighted by molar-refractivity contribution is -0.141. The van der Waals surface area contributed by atoms with Gasteiger partial charge in [-0.2, -0.15) is 0 Å². The highest BCUT2D eigenvalue weighted by molar-refractivity contribution is 6.00. The number of rotatable bonds is 4. The van der Waals surface area contributed by atoms with Crippen molar-refractivity contribution in [1.29, 1.82) is 0 Å². The summed E-state index contributed by atoms with van der Waals surface area (Å²) in [4.78, 5) is 35.6. The van der Waals surface area contributed by atoms with Crippen molar-refractivity contribution >= 4 is 29.2 Å². The molecule has 106 valence electrons. The number of hydrogen-bond donors (Lipinski definition) is 2. The summed E-state index contributed by atoms with van der Waals surface area (Å²) in [5, 5.41) is 11.7. The number of carboxylic acids is 1. The SMILES string of the molecule is CCC(=O)Nc1cccc(N2C[C@H](C(=O)O)CC2=O)c1. The van der Waals surface area contributed by atoms with Crippen molar-refractivity contribution in [1.82, 2.24) is 0 Å². The summed E-state index contributed by atoms with van der Waals surface area (Å²) in [7, 11) is 0. The van der Waals surface area contributed by atoms with E-state index in [4.69, 9.17) is 5.11 Å². The summed E-state index contributed by atoms with van der Waals surface area (Å²) in [6.45, 7) is 1.92. The number of hydrogen-bond acceptors (Lipinski definition) is 3. The molecule has 20 heavy (non-hydrogen) atoms. The molecule has 1 fully saturated rings. The summed E-state index contributed by atoms with van der Waals surface area (Å²) < 4.78 is 0. The molecule has 0 aliphatic carbocycles. The molecule has 2 amide bonds. The predicted molar refractivity (Wildman–Crippen MR) is 73.5 cm³/mol. The van der Waals surface area contributed by atoms with Gasteiger partial charge in [0.05, 0.1) is 5.92 Å². The number of nitrogens with zero attached hydrogens (tertiary/aromatic N) is 1. The van der Waals surface area contributed by atoms with Crippen LogP contribution in [0.1, 0.15) is 19.8 Å². The number of benzene rings is 1. The number of aliphatic carboxylic acids is 1. The Morgan fingerprint density at radius 2 is 2.20 bits per heavy atom. The Bertz CT molecular complexity index is 556. The third-order valence-electron chi connectivity index (χ3n) is 3.24. The Morgan fingerprint density at radius 3 is 2.80 bits per heavy atom. The molecule has 0 saturated carbocycles. The van der Waals surface area contributed by atoms with Gasteiger partial charge in [0.1, 0.15) is 0 Å². The van der Waals surface area contributed by atoms with Gasteiger partial charge in [-0.1, -0.05) is 13.0 Å². The second kappa shape index (κ2) is 5.73. The molecule has 1 aromatic rings. The number of carbonyl (C=O) groups excluding carboxylic acids is 2. The summed E-state index contributed by atoms with van der Waals surface area (Å²) in [5.41, 5.74) is 1.20.